The molecule has 0 unspecified atom stereocenters. The molecule has 15 heavy (non-hydrogen) atoms. The van der Waals surface area contributed by atoms with E-state index in [1.54, 1.807) is 6.08 Å². The Morgan fingerprint density at radius 2 is 2.27 bits per heavy atom. The van der Waals surface area contributed by atoms with Crippen molar-refractivity contribution in [3.05, 3.63) is 34.3 Å². The van der Waals surface area contributed by atoms with E-state index in [9.17, 15) is 0 Å². The van der Waals surface area contributed by atoms with Crippen LogP contribution >= 0.6 is 15.9 Å². The summed E-state index contributed by atoms with van der Waals surface area (Å²) >= 11 is 3.40. The maximum atomic E-state index is 8.72. The number of hydrogen-bond acceptors (Lipinski definition) is 2. The van der Waals surface area contributed by atoms with E-state index in [4.69, 9.17) is 9.84 Å². The molecule has 1 rings (SSSR count). The minimum absolute atomic E-state index is 0.0414. The van der Waals surface area contributed by atoms with Crippen LogP contribution in [0.25, 0.3) is 6.08 Å². The quantitative estimate of drug-likeness (QED) is 0.890. The van der Waals surface area contributed by atoms with Crippen LogP contribution in [0.15, 0.2) is 28.7 Å². The molecule has 0 fully saturated rings. The first-order valence-corrected chi connectivity index (χ1v) is 5.77. The van der Waals surface area contributed by atoms with Gasteiger partial charge >= 0.3 is 0 Å². The Morgan fingerprint density at radius 1 is 1.47 bits per heavy atom. The topological polar surface area (TPSA) is 29.5 Å². The van der Waals surface area contributed by atoms with Gasteiger partial charge in [0, 0.05) is 10.0 Å². The Balaban J connectivity index is 2.87. The van der Waals surface area contributed by atoms with Crippen LogP contribution in [0.2, 0.25) is 0 Å². The number of rotatable bonds is 5. The molecule has 0 saturated heterocycles. The van der Waals surface area contributed by atoms with Crippen molar-refractivity contribution in [3.8, 4) is 5.75 Å². The van der Waals surface area contributed by atoms with E-state index < -0.39 is 0 Å². The maximum absolute atomic E-state index is 8.72. The smallest absolute Gasteiger partial charge is 0.126 e. The number of halogens is 1. The number of hydrogen-bond donors (Lipinski definition) is 1. The Kier molecular flexibility index (Phi) is 5.43. The van der Waals surface area contributed by atoms with Gasteiger partial charge in [-0.2, -0.15) is 0 Å². The predicted molar refractivity (Wildman–Crippen MR) is 66.0 cm³/mol. The zero-order chi connectivity index (χ0) is 11.1. The molecule has 0 spiro atoms. The molecule has 0 aliphatic rings. The molecular weight excluding hydrogens is 256 g/mol. The second-order valence-electron chi connectivity index (χ2n) is 3.12. The van der Waals surface area contributed by atoms with E-state index in [0.717, 1.165) is 22.2 Å². The second kappa shape index (κ2) is 6.64. The highest BCUT2D eigenvalue weighted by atomic mass is 79.9. The third kappa shape index (κ3) is 4.06. The predicted octanol–water partition coefficient (Wildman–Crippen LogP) is 3.24. The van der Waals surface area contributed by atoms with Crippen molar-refractivity contribution in [2.45, 2.75) is 13.3 Å². The fourth-order valence-electron chi connectivity index (χ4n) is 1.17. The Hall–Kier alpha value is -0.800. The van der Waals surface area contributed by atoms with Crippen LogP contribution in [0.3, 0.4) is 0 Å². The van der Waals surface area contributed by atoms with Crippen LogP contribution in [-0.4, -0.2) is 18.3 Å². The van der Waals surface area contributed by atoms with Gasteiger partial charge in [-0.15, -0.1) is 0 Å². The molecule has 3 heteroatoms. The van der Waals surface area contributed by atoms with E-state index >= 15 is 0 Å². The van der Waals surface area contributed by atoms with Gasteiger partial charge in [-0.05, 0) is 24.6 Å². The zero-order valence-corrected chi connectivity index (χ0v) is 10.3. The minimum Gasteiger partial charge on any atom is -0.493 e. The molecule has 0 atom stereocenters. The summed E-state index contributed by atoms with van der Waals surface area (Å²) in [5.41, 5.74) is 0.979. The van der Waals surface area contributed by atoms with Crippen LogP contribution in [0.1, 0.15) is 18.9 Å². The average Bonchev–Trinajstić information content (AvgIpc) is 2.25. The number of aliphatic hydroxyl groups excluding tert-OH is 1. The highest BCUT2D eigenvalue weighted by Gasteiger charge is 2.00. The summed E-state index contributed by atoms with van der Waals surface area (Å²) in [5, 5.41) is 8.72. The highest BCUT2D eigenvalue weighted by Crippen LogP contribution is 2.24. The number of ether oxygens (including phenoxy) is 1. The average molecular weight is 271 g/mol. The summed E-state index contributed by atoms with van der Waals surface area (Å²) in [7, 11) is 0. The summed E-state index contributed by atoms with van der Waals surface area (Å²) in [4.78, 5) is 0. The molecule has 0 heterocycles. The van der Waals surface area contributed by atoms with Crippen LogP contribution in [0, 0.1) is 0 Å². The molecule has 0 amide bonds. The van der Waals surface area contributed by atoms with E-state index in [1.807, 2.05) is 24.3 Å². The van der Waals surface area contributed by atoms with Crippen molar-refractivity contribution >= 4 is 22.0 Å². The van der Waals surface area contributed by atoms with E-state index in [2.05, 4.69) is 22.9 Å². The Bertz CT molecular complexity index is 334. The standard InChI is InChI=1S/C12H15BrO2/c1-2-8-15-12-6-5-11(13)9-10(12)4-3-7-14/h3-6,9,14H,2,7-8H2,1H3. The zero-order valence-electron chi connectivity index (χ0n) is 8.74. The third-order valence-electron chi connectivity index (χ3n) is 1.84. The lowest BCUT2D eigenvalue weighted by molar-refractivity contribution is 0.316. The van der Waals surface area contributed by atoms with E-state index in [1.165, 1.54) is 0 Å². The summed E-state index contributed by atoms with van der Waals surface area (Å²) in [6.07, 6.45) is 4.54. The van der Waals surface area contributed by atoms with Crippen LogP contribution in [0.4, 0.5) is 0 Å². The first-order valence-electron chi connectivity index (χ1n) is 4.97. The molecule has 0 aliphatic carbocycles. The first kappa shape index (κ1) is 12.3. The fourth-order valence-corrected chi connectivity index (χ4v) is 1.55. The lowest BCUT2D eigenvalue weighted by atomic mass is 10.2. The largest absolute Gasteiger partial charge is 0.493 e. The van der Waals surface area contributed by atoms with Crippen molar-refractivity contribution in [1.82, 2.24) is 0 Å². The highest BCUT2D eigenvalue weighted by molar-refractivity contribution is 9.10. The van der Waals surface area contributed by atoms with Crippen molar-refractivity contribution < 1.29 is 9.84 Å². The normalized spacial score (nSPS) is 10.9. The maximum Gasteiger partial charge on any atom is 0.126 e. The van der Waals surface area contributed by atoms with Crippen molar-refractivity contribution in [2.75, 3.05) is 13.2 Å². The van der Waals surface area contributed by atoms with E-state index in [-0.39, 0.29) is 6.61 Å². The van der Waals surface area contributed by atoms with Gasteiger partial charge < -0.3 is 9.84 Å². The molecule has 0 aliphatic heterocycles. The number of aliphatic hydroxyl groups is 1. The number of benzene rings is 1. The van der Waals surface area contributed by atoms with Gasteiger partial charge in [0.15, 0.2) is 0 Å². The summed E-state index contributed by atoms with van der Waals surface area (Å²) < 4.78 is 6.59. The van der Waals surface area contributed by atoms with Gasteiger partial charge in [-0.3, -0.25) is 0 Å². The van der Waals surface area contributed by atoms with Crippen LogP contribution in [-0.2, 0) is 0 Å². The molecule has 0 radical (unpaired) electrons. The lowest BCUT2D eigenvalue weighted by Crippen LogP contribution is -1.96. The Morgan fingerprint density at radius 3 is 2.93 bits per heavy atom. The molecule has 0 bridgehead atoms. The molecular formula is C12H15BrO2. The minimum atomic E-state index is 0.0414. The van der Waals surface area contributed by atoms with Gasteiger partial charge in [0.2, 0.25) is 0 Å². The van der Waals surface area contributed by atoms with Gasteiger partial charge in [0.1, 0.15) is 5.75 Å². The van der Waals surface area contributed by atoms with Crippen molar-refractivity contribution in [2.24, 2.45) is 0 Å². The summed E-state index contributed by atoms with van der Waals surface area (Å²) in [6.45, 7) is 2.82. The van der Waals surface area contributed by atoms with Gasteiger partial charge in [-0.1, -0.05) is 35.0 Å². The molecule has 1 aromatic rings. The van der Waals surface area contributed by atoms with Crippen LogP contribution in [0.5, 0.6) is 5.75 Å². The molecule has 2 nitrogen and oxygen atoms in total. The van der Waals surface area contributed by atoms with Gasteiger partial charge in [0.25, 0.3) is 0 Å². The second-order valence-corrected chi connectivity index (χ2v) is 4.03. The van der Waals surface area contributed by atoms with Crippen LogP contribution < -0.4 is 4.74 Å². The fraction of sp³-hybridized carbons (Fsp3) is 0.333. The van der Waals surface area contributed by atoms with Crippen molar-refractivity contribution in [1.29, 1.82) is 0 Å². The molecule has 82 valence electrons. The molecule has 0 saturated carbocycles. The Labute approximate surface area is 98.7 Å². The molecule has 1 N–H and O–H groups in total. The first-order chi connectivity index (χ1) is 7.27. The monoisotopic (exact) mass is 270 g/mol. The lowest BCUT2D eigenvalue weighted by Gasteiger charge is -2.08. The SMILES string of the molecule is CCCOc1ccc(Br)cc1C=CCO. The third-order valence-corrected chi connectivity index (χ3v) is 2.33. The molecule has 1 aromatic carbocycles. The van der Waals surface area contributed by atoms with Gasteiger partial charge in [-0.25, -0.2) is 0 Å². The van der Waals surface area contributed by atoms with Gasteiger partial charge in [0.05, 0.1) is 13.2 Å². The summed E-state index contributed by atoms with van der Waals surface area (Å²) in [5.74, 6) is 0.852. The summed E-state index contributed by atoms with van der Waals surface area (Å²) in [6, 6.07) is 5.84. The van der Waals surface area contributed by atoms with E-state index in [0.29, 0.717) is 6.61 Å². The molecule has 0 aromatic heterocycles. The van der Waals surface area contributed by atoms with Crippen molar-refractivity contribution in [3.63, 3.8) is 0 Å².